The van der Waals surface area contributed by atoms with Crippen molar-refractivity contribution in [3.8, 4) is 11.6 Å². The lowest BCUT2D eigenvalue weighted by Gasteiger charge is -2.19. The maximum absolute atomic E-state index is 13.7. The Morgan fingerprint density at radius 3 is 2.70 bits per heavy atom. The molecule has 0 unspecified atom stereocenters. The molecular formula is C15H15BrFN3O3. The lowest BCUT2D eigenvalue weighted by molar-refractivity contribution is 0.0635. The van der Waals surface area contributed by atoms with Crippen molar-refractivity contribution in [3.63, 3.8) is 0 Å². The largest absolute Gasteiger partial charge is 0.444 e. The van der Waals surface area contributed by atoms with Crippen LogP contribution >= 0.6 is 15.9 Å². The van der Waals surface area contributed by atoms with Crippen molar-refractivity contribution >= 4 is 27.8 Å². The minimum absolute atomic E-state index is 0.178. The van der Waals surface area contributed by atoms with E-state index in [-0.39, 0.29) is 17.4 Å². The Bertz CT molecular complexity index is 719. The third-order valence-corrected chi connectivity index (χ3v) is 2.78. The molecule has 0 fully saturated rings. The van der Waals surface area contributed by atoms with E-state index in [0.717, 1.165) is 0 Å². The molecular weight excluding hydrogens is 369 g/mol. The maximum Gasteiger partial charge on any atom is 0.413 e. The monoisotopic (exact) mass is 383 g/mol. The molecule has 0 saturated carbocycles. The van der Waals surface area contributed by atoms with Crippen molar-refractivity contribution in [2.45, 2.75) is 26.4 Å². The standard InChI is InChI=1S/C15H15BrFN3O3/c1-15(2,3)23-14(21)20-12-7-10(4-5-18-12)22-13-11(17)6-9(16)8-19-13/h4-8H,1-3H3,(H,18,20,21). The summed E-state index contributed by atoms with van der Waals surface area (Å²) < 4.78 is 24.7. The van der Waals surface area contributed by atoms with Gasteiger partial charge in [0.2, 0.25) is 0 Å². The van der Waals surface area contributed by atoms with E-state index in [9.17, 15) is 9.18 Å². The average Bonchev–Trinajstić information content (AvgIpc) is 2.40. The molecule has 0 bridgehead atoms. The highest BCUT2D eigenvalue weighted by Gasteiger charge is 2.17. The Labute approximate surface area is 141 Å². The zero-order valence-electron chi connectivity index (χ0n) is 12.8. The number of aromatic nitrogens is 2. The number of nitrogens with zero attached hydrogens (tertiary/aromatic N) is 2. The Balaban J connectivity index is 2.09. The van der Waals surface area contributed by atoms with Gasteiger partial charge >= 0.3 is 6.09 Å². The zero-order chi connectivity index (χ0) is 17.0. The molecule has 0 aliphatic rings. The number of carbonyl (C=O) groups excluding carboxylic acids is 1. The van der Waals surface area contributed by atoms with Gasteiger partial charge in [-0.2, -0.15) is 0 Å². The summed E-state index contributed by atoms with van der Waals surface area (Å²) >= 11 is 3.11. The number of nitrogens with one attached hydrogen (secondary N) is 1. The third kappa shape index (κ3) is 5.48. The number of pyridine rings is 2. The molecule has 122 valence electrons. The first-order valence-corrected chi connectivity index (χ1v) is 7.47. The van der Waals surface area contributed by atoms with Gasteiger partial charge in [0.25, 0.3) is 5.88 Å². The molecule has 2 aromatic rings. The molecule has 0 aliphatic carbocycles. The predicted molar refractivity (Wildman–Crippen MR) is 86.1 cm³/mol. The topological polar surface area (TPSA) is 73.3 Å². The van der Waals surface area contributed by atoms with E-state index in [0.29, 0.717) is 4.47 Å². The summed E-state index contributed by atoms with van der Waals surface area (Å²) in [4.78, 5) is 19.5. The minimum atomic E-state index is -0.643. The van der Waals surface area contributed by atoms with Crippen LogP contribution in [0.25, 0.3) is 0 Å². The second kappa shape index (κ2) is 6.91. The third-order valence-electron chi connectivity index (χ3n) is 2.35. The quantitative estimate of drug-likeness (QED) is 0.843. The molecule has 2 aromatic heterocycles. The second-order valence-corrected chi connectivity index (χ2v) is 6.46. The first kappa shape index (κ1) is 17.1. The van der Waals surface area contributed by atoms with Gasteiger partial charge in [-0.15, -0.1) is 0 Å². The van der Waals surface area contributed by atoms with Gasteiger partial charge in [0.05, 0.1) is 0 Å². The number of halogens is 2. The van der Waals surface area contributed by atoms with Crippen LogP contribution < -0.4 is 10.1 Å². The van der Waals surface area contributed by atoms with Gasteiger partial charge in [-0.1, -0.05) is 0 Å². The summed E-state index contributed by atoms with van der Waals surface area (Å²) in [5.41, 5.74) is -0.622. The Hall–Kier alpha value is -2.22. The second-order valence-electron chi connectivity index (χ2n) is 5.55. The van der Waals surface area contributed by atoms with E-state index in [1.165, 1.54) is 30.6 Å². The highest BCUT2D eigenvalue weighted by atomic mass is 79.9. The summed E-state index contributed by atoms with van der Waals surface area (Å²) in [6, 6.07) is 4.19. The van der Waals surface area contributed by atoms with Crippen LogP contribution in [0.2, 0.25) is 0 Å². The maximum atomic E-state index is 13.7. The zero-order valence-corrected chi connectivity index (χ0v) is 14.3. The van der Waals surface area contributed by atoms with Crippen LogP contribution in [-0.4, -0.2) is 21.7 Å². The van der Waals surface area contributed by atoms with Crippen LogP contribution in [0, 0.1) is 5.82 Å². The SMILES string of the molecule is CC(C)(C)OC(=O)Nc1cc(Oc2ncc(Br)cc2F)ccn1. The van der Waals surface area contributed by atoms with Crippen molar-refractivity contribution in [2.75, 3.05) is 5.32 Å². The van der Waals surface area contributed by atoms with Crippen LogP contribution in [0.1, 0.15) is 20.8 Å². The lowest BCUT2D eigenvalue weighted by atomic mass is 10.2. The van der Waals surface area contributed by atoms with Gasteiger partial charge in [-0.3, -0.25) is 5.32 Å². The van der Waals surface area contributed by atoms with Crippen molar-refractivity contribution in [1.82, 2.24) is 9.97 Å². The van der Waals surface area contributed by atoms with Crippen molar-refractivity contribution in [3.05, 3.63) is 40.9 Å². The van der Waals surface area contributed by atoms with E-state index in [1.807, 2.05) is 0 Å². The molecule has 0 aromatic carbocycles. The smallest absolute Gasteiger partial charge is 0.413 e. The normalized spacial score (nSPS) is 11.0. The summed E-state index contributed by atoms with van der Waals surface area (Å²) in [7, 11) is 0. The molecule has 0 saturated heterocycles. The fourth-order valence-corrected chi connectivity index (χ4v) is 1.84. The van der Waals surface area contributed by atoms with Crippen LogP contribution in [0.4, 0.5) is 15.0 Å². The summed E-state index contributed by atoms with van der Waals surface area (Å²) in [6.07, 6.45) is 2.19. The number of hydrogen-bond acceptors (Lipinski definition) is 5. The predicted octanol–water partition coefficient (Wildman–Crippen LogP) is 4.52. The molecule has 23 heavy (non-hydrogen) atoms. The van der Waals surface area contributed by atoms with Crippen molar-refractivity contribution in [2.24, 2.45) is 0 Å². The van der Waals surface area contributed by atoms with E-state index in [4.69, 9.17) is 9.47 Å². The molecule has 1 amide bonds. The molecule has 0 spiro atoms. The van der Waals surface area contributed by atoms with Gasteiger partial charge < -0.3 is 9.47 Å². The Kier molecular flexibility index (Phi) is 5.15. The van der Waals surface area contributed by atoms with Crippen molar-refractivity contribution < 1.29 is 18.7 Å². The number of amides is 1. The fourth-order valence-electron chi connectivity index (χ4n) is 1.54. The molecule has 2 heterocycles. The molecule has 2 rings (SSSR count). The van der Waals surface area contributed by atoms with Gasteiger partial charge in [0.1, 0.15) is 17.2 Å². The minimum Gasteiger partial charge on any atom is -0.444 e. The first-order chi connectivity index (χ1) is 10.7. The first-order valence-electron chi connectivity index (χ1n) is 6.68. The number of carbonyl (C=O) groups is 1. The van der Waals surface area contributed by atoms with Crippen LogP contribution in [0.15, 0.2) is 35.1 Å². The number of rotatable bonds is 3. The van der Waals surface area contributed by atoms with E-state index in [2.05, 4.69) is 31.2 Å². The molecule has 0 radical (unpaired) electrons. The Morgan fingerprint density at radius 2 is 2.04 bits per heavy atom. The summed E-state index contributed by atoms with van der Waals surface area (Å²) in [6.45, 7) is 5.25. The molecule has 6 nitrogen and oxygen atoms in total. The van der Waals surface area contributed by atoms with Crippen LogP contribution in [0.3, 0.4) is 0 Å². The van der Waals surface area contributed by atoms with Gasteiger partial charge in [-0.05, 0) is 48.8 Å². The van der Waals surface area contributed by atoms with E-state index in [1.54, 1.807) is 20.8 Å². The fraction of sp³-hybridized carbons (Fsp3) is 0.267. The van der Waals surface area contributed by atoms with Crippen LogP contribution in [0.5, 0.6) is 11.6 Å². The van der Waals surface area contributed by atoms with Gasteiger partial charge in [0.15, 0.2) is 5.82 Å². The molecule has 0 atom stereocenters. The highest BCUT2D eigenvalue weighted by Crippen LogP contribution is 2.25. The highest BCUT2D eigenvalue weighted by molar-refractivity contribution is 9.10. The van der Waals surface area contributed by atoms with E-state index >= 15 is 0 Å². The van der Waals surface area contributed by atoms with E-state index < -0.39 is 17.5 Å². The molecule has 0 aliphatic heterocycles. The van der Waals surface area contributed by atoms with Gasteiger partial charge in [-0.25, -0.2) is 19.2 Å². The number of ether oxygens (including phenoxy) is 2. The van der Waals surface area contributed by atoms with Crippen LogP contribution in [-0.2, 0) is 4.74 Å². The number of hydrogen-bond donors (Lipinski definition) is 1. The molecule has 1 N–H and O–H groups in total. The average molecular weight is 384 g/mol. The number of anilines is 1. The van der Waals surface area contributed by atoms with Gasteiger partial charge in [0, 0.05) is 22.9 Å². The molecule has 8 heteroatoms. The van der Waals surface area contributed by atoms with Crippen molar-refractivity contribution in [1.29, 1.82) is 0 Å². The lowest BCUT2D eigenvalue weighted by Crippen LogP contribution is -2.27. The summed E-state index contributed by atoms with van der Waals surface area (Å²) in [5.74, 6) is -0.297. The summed E-state index contributed by atoms with van der Waals surface area (Å²) in [5, 5.41) is 2.47. The Morgan fingerprint density at radius 1 is 1.30 bits per heavy atom.